The zero-order chi connectivity index (χ0) is 10.0. The normalized spacial score (nSPS) is 10.9. The lowest BCUT2D eigenvalue weighted by atomic mass is 10.2. The summed E-state index contributed by atoms with van der Waals surface area (Å²) < 4.78 is 49.7. The standard InChI is InChI=1S/C7H4BrF4N/c8-1-3-2-13-7(12)4(5(3)9)6(10)11/h2,6H,1H2. The van der Waals surface area contributed by atoms with Crippen molar-refractivity contribution >= 4 is 15.9 Å². The Hall–Kier alpha value is -0.650. The monoisotopic (exact) mass is 257 g/mol. The minimum Gasteiger partial charge on any atom is -0.227 e. The lowest BCUT2D eigenvalue weighted by Gasteiger charge is -2.05. The van der Waals surface area contributed by atoms with E-state index in [2.05, 4.69) is 20.9 Å². The minimum atomic E-state index is -3.19. The first-order chi connectivity index (χ1) is 6.07. The van der Waals surface area contributed by atoms with E-state index in [9.17, 15) is 17.6 Å². The van der Waals surface area contributed by atoms with Gasteiger partial charge in [-0.3, -0.25) is 0 Å². The van der Waals surface area contributed by atoms with E-state index in [0.717, 1.165) is 6.20 Å². The van der Waals surface area contributed by atoms with E-state index in [1.165, 1.54) is 0 Å². The third-order valence-corrected chi connectivity index (χ3v) is 2.04. The molecule has 1 rings (SSSR count). The molecule has 0 N–H and O–H groups in total. The van der Waals surface area contributed by atoms with Crippen LogP contribution < -0.4 is 0 Å². The molecule has 0 spiro atoms. The Kier molecular flexibility index (Phi) is 3.24. The van der Waals surface area contributed by atoms with Crippen LogP contribution in [0.3, 0.4) is 0 Å². The lowest BCUT2D eigenvalue weighted by molar-refractivity contribution is 0.139. The van der Waals surface area contributed by atoms with Gasteiger partial charge in [-0.25, -0.2) is 18.2 Å². The maximum Gasteiger partial charge on any atom is 0.271 e. The predicted octanol–water partition coefficient (Wildman–Crippen LogP) is 3.19. The zero-order valence-corrected chi connectivity index (χ0v) is 7.78. The summed E-state index contributed by atoms with van der Waals surface area (Å²) in [6.45, 7) is 0. The van der Waals surface area contributed by atoms with Crippen molar-refractivity contribution in [2.24, 2.45) is 0 Å². The molecule has 0 radical (unpaired) electrons. The maximum absolute atomic E-state index is 13.0. The lowest BCUT2D eigenvalue weighted by Crippen LogP contribution is -2.02. The van der Waals surface area contributed by atoms with Crippen molar-refractivity contribution < 1.29 is 17.6 Å². The molecule has 0 unspecified atom stereocenters. The zero-order valence-electron chi connectivity index (χ0n) is 6.20. The van der Waals surface area contributed by atoms with Crippen LogP contribution in [0.25, 0.3) is 0 Å². The summed E-state index contributed by atoms with van der Waals surface area (Å²) in [5.74, 6) is -2.70. The highest BCUT2D eigenvalue weighted by Crippen LogP contribution is 2.26. The van der Waals surface area contributed by atoms with Crippen LogP contribution in [0.5, 0.6) is 0 Å². The van der Waals surface area contributed by atoms with E-state index in [1.807, 2.05) is 0 Å². The Balaban J connectivity index is 3.30. The summed E-state index contributed by atoms with van der Waals surface area (Å²) in [6, 6.07) is 0. The average molecular weight is 258 g/mol. The van der Waals surface area contributed by atoms with E-state index in [-0.39, 0.29) is 10.9 Å². The second-order valence-corrected chi connectivity index (χ2v) is 2.80. The fourth-order valence-corrected chi connectivity index (χ4v) is 1.19. The number of pyridine rings is 1. The van der Waals surface area contributed by atoms with Crippen molar-refractivity contribution in [1.82, 2.24) is 4.98 Å². The molecule has 6 heteroatoms. The SMILES string of the molecule is Fc1ncc(CBr)c(F)c1C(F)F. The number of hydrogen-bond donors (Lipinski definition) is 0. The Bertz CT molecular complexity index is 316. The van der Waals surface area contributed by atoms with E-state index in [1.54, 1.807) is 0 Å². The summed E-state index contributed by atoms with van der Waals surface area (Å²) in [7, 11) is 0. The highest BCUT2D eigenvalue weighted by molar-refractivity contribution is 9.08. The first kappa shape index (κ1) is 10.4. The van der Waals surface area contributed by atoms with Crippen LogP contribution in [-0.2, 0) is 5.33 Å². The average Bonchev–Trinajstić information content (AvgIpc) is 2.04. The van der Waals surface area contributed by atoms with Gasteiger partial charge in [-0.15, -0.1) is 0 Å². The van der Waals surface area contributed by atoms with Gasteiger partial charge in [-0.05, 0) is 0 Å². The second kappa shape index (κ2) is 4.04. The van der Waals surface area contributed by atoms with Gasteiger partial charge in [0.15, 0.2) is 0 Å². The second-order valence-electron chi connectivity index (χ2n) is 2.24. The van der Waals surface area contributed by atoms with Crippen LogP contribution in [0.4, 0.5) is 17.6 Å². The Morgan fingerprint density at radius 2 is 2.00 bits per heavy atom. The maximum atomic E-state index is 13.0. The molecule has 1 nitrogen and oxygen atoms in total. The van der Waals surface area contributed by atoms with Crippen molar-refractivity contribution in [3.63, 3.8) is 0 Å². The van der Waals surface area contributed by atoms with E-state index in [0.29, 0.717) is 0 Å². The third-order valence-electron chi connectivity index (χ3n) is 1.44. The molecule has 1 aromatic heterocycles. The summed E-state index contributed by atoms with van der Waals surface area (Å²) in [4.78, 5) is 3.02. The first-order valence-electron chi connectivity index (χ1n) is 3.24. The number of alkyl halides is 3. The smallest absolute Gasteiger partial charge is 0.227 e. The van der Waals surface area contributed by atoms with Gasteiger partial charge >= 0.3 is 0 Å². The van der Waals surface area contributed by atoms with Crippen molar-refractivity contribution in [2.45, 2.75) is 11.8 Å². The molecule has 1 heterocycles. The number of hydrogen-bond acceptors (Lipinski definition) is 1. The van der Waals surface area contributed by atoms with Crippen LogP contribution in [0, 0.1) is 11.8 Å². The van der Waals surface area contributed by atoms with Crippen molar-refractivity contribution in [1.29, 1.82) is 0 Å². The number of halogens is 5. The molecule has 0 aliphatic carbocycles. The fourth-order valence-electron chi connectivity index (χ4n) is 0.803. The molecule has 0 saturated carbocycles. The molecule has 13 heavy (non-hydrogen) atoms. The largest absolute Gasteiger partial charge is 0.271 e. The number of rotatable bonds is 2. The Morgan fingerprint density at radius 3 is 2.46 bits per heavy atom. The van der Waals surface area contributed by atoms with Gasteiger partial charge in [0, 0.05) is 17.1 Å². The Labute approximate surface area is 79.9 Å². The molecule has 0 amide bonds. The van der Waals surface area contributed by atoms with Gasteiger partial charge in [0.05, 0.1) is 0 Å². The minimum absolute atomic E-state index is 0.0197. The molecule has 0 saturated heterocycles. The quantitative estimate of drug-likeness (QED) is 0.451. The van der Waals surface area contributed by atoms with Crippen LogP contribution in [0.2, 0.25) is 0 Å². The molecule has 0 fully saturated rings. The molecule has 72 valence electrons. The van der Waals surface area contributed by atoms with Crippen LogP contribution in [-0.4, -0.2) is 4.98 Å². The van der Waals surface area contributed by atoms with Crippen LogP contribution >= 0.6 is 15.9 Å². The van der Waals surface area contributed by atoms with Crippen LogP contribution in [0.15, 0.2) is 6.20 Å². The molecule has 0 aliphatic rings. The molecule has 1 aromatic rings. The predicted molar refractivity (Wildman–Crippen MR) is 41.7 cm³/mol. The number of aromatic nitrogens is 1. The van der Waals surface area contributed by atoms with Gasteiger partial charge in [0.25, 0.3) is 6.43 Å². The molecular formula is C7H4BrF4N. The summed E-state index contributed by atoms with van der Waals surface area (Å²) in [6.07, 6.45) is -2.31. The van der Waals surface area contributed by atoms with E-state index < -0.39 is 23.8 Å². The first-order valence-corrected chi connectivity index (χ1v) is 4.37. The summed E-state index contributed by atoms with van der Waals surface area (Å²) >= 11 is 2.87. The topological polar surface area (TPSA) is 12.9 Å². The van der Waals surface area contributed by atoms with Crippen molar-refractivity contribution in [3.8, 4) is 0 Å². The van der Waals surface area contributed by atoms with Gasteiger partial charge < -0.3 is 0 Å². The van der Waals surface area contributed by atoms with Gasteiger partial charge in [-0.1, -0.05) is 15.9 Å². The molecule has 0 atom stereocenters. The Morgan fingerprint density at radius 1 is 1.38 bits per heavy atom. The molecule has 0 bridgehead atoms. The van der Waals surface area contributed by atoms with Crippen molar-refractivity contribution in [3.05, 3.63) is 29.1 Å². The van der Waals surface area contributed by atoms with Gasteiger partial charge in [-0.2, -0.15) is 4.39 Å². The fraction of sp³-hybridized carbons (Fsp3) is 0.286. The van der Waals surface area contributed by atoms with Crippen LogP contribution in [0.1, 0.15) is 17.6 Å². The van der Waals surface area contributed by atoms with E-state index in [4.69, 9.17) is 0 Å². The van der Waals surface area contributed by atoms with Crippen molar-refractivity contribution in [2.75, 3.05) is 0 Å². The highest BCUT2D eigenvalue weighted by atomic mass is 79.9. The molecule has 0 aromatic carbocycles. The summed E-state index contributed by atoms with van der Waals surface area (Å²) in [5.41, 5.74) is -1.35. The summed E-state index contributed by atoms with van der Waals surface area (Å²) in [5, 5.41) is 0.0197. The number of nitrogens with zero attached hydrogens (tertiary/aromatic N) is 1. The molecule has 0 aliphatic heterocycles. The van der Waals surface area contributed by atoms with Gasteiger partial charge in [0.2, 0.25) is 5.95 Å². The van der Waals surface area contributed by atoms with Gasteiger partial charge in [0.1, 0.15) is 11.4 Å². The van der Waals surface area contributed by atoms with E-state index >= 15 is 0 Å². The molecular weight excluding hydrogens is 254 g/mol. The third kappa shape index (κ3) is 1.99. The highest BCUT2D eigenvalue weighted by Gasteiger charge is 2.22.